The molecule has 5 nitrogen and oxygen atoms in total. The highest BCUT2D eigenvalue weighted by Crippen LogP contribution is 2.16. The number of alkyl halides is 3. The van der Waals surface area contributed by atoms with Gasteiger partial charge in [0.05, 0.1) is 0 Å². The van der Waals surface area contributed by atoms with Crippen LogP contribution in [-0.2, 0) is 9.59 Å². The van der Waals surface area contributed by atoms with Crippen LogP contribution in [0.25, 0.3) is 0 Å². The third kappa shape index (κ3) is 4.08. The van der Waals surface area contributed by atoms with Gasteiger partial charge in [-0.15, -0.1) is 0 Å². The second-order valence-electron chi connectivity index (χ2n) is 2.41. The minimum atomic E-state index is -4.53. The van der Waals surface area contributed by atoms with E-state index in [0.717, 1.165) is 0 Å². The standard InChI is InChI=1S/C6H10F3N3O2/c1-2-12(3-6(7,8)9)5(14)4(13)11-10/h2-3,10H2,1H3,(H,11,13). The van der Waals surface area contributed by atoms with Crippen molar-refractivity contribution in [2.75, 3.05) is 13.1 Å². The van der Waals surface area contributed by atoms with Crippen LogP contribution < -0.4 is 11.3 Å². The first kappa shape index (κ1) is 12.7. The van der Waals surface area contributed by atoms with Crippen LogP contribution in [0.3, 0.4) is 0 Å². The van der Waals surface area contributed by atoms with Gasteiger partial charge in [0.15, 0.2) is 0 Å². The van der Waals surface area contributed by atoms with Crippen LogP contribution in [-0.4, -0.2) is 36.0 Å². The number of carbonyl (C=O) groups is 2. The maximum absolute atomic E-state index is 11.9. The minimum Gasteiger partial charge on any atom is -0.326 e. The number of rotatable bonds is 2. The molecule has 0 aliphatic carbocycles. The summed E-state index contributed by atoms with van der Waals surface area (Å²) in [6.07, 6.45) is -4.53. The van der Waals surface area contributed by atoms with Crippen LogP contribution in [0.15, 0.2) is 0 Å². The largest absolute Gasteiger partial charge is 0.406 e. The van der Waals surface area contributed by atoms with Crippen molar-refractivity contribution >= 4 is 11.8 Å². The van der Waals surface area contributed by atoms with Crippen molar-refractivity contribution in [1.29, 1.82) is 0 Å². The van der Waals surface area contributed by atoms with Crippen LogP contribution >= 0.6 is 0 Å². The summed E-state index contributed by atoms with van der Waals surface area (Å²) in [4.78, 5) is 21.9. The van der Waals surface area contributed by atoms with Crippen molar-refractivity contribution in [3.63, 3.8) is 0 Å². The van der Waals surface area contributed by atoms with E-state index in [2.05, 4.69) is 5.84 Å². The number of likely N-dealkylation sites (N-methyl/N-ethyl adjacent to an activating group) is 1. The van der Waals surface area contributed by atoms with E-state index < -0.39 is 24.5 Å². The summed E-state index contributed by atoms with van der Waals surface area (Å²) >= 11 is 0. The molecule has 0 saturated carbocycles. The van der Waals surface area contributed by atoms with Gasteiger partial charge in [0, 0.05) is 6.54 Å². The van der Waals surface area contributed by atoms with Crippen molar-refractivity contribution in [3.8, 4) is 0 Å². The molecule has 0 atom stereocenters. The van der Waals surface area contributed by atoms with Gasteiger partial charge in [0.2, 0.25) is 0 Å². The van der Waals surface area contributed by atoms with E-state index in [-0.39, 0.29) is 6.54 Å². The molecule has 0 radical (unpaired) electrons. The van der Waals surface area contributed by atoms with E-state index in [0.29, 0.717) is 4.90 Å². The Balaban J connectivity index is 4.42. The second-order valence-corrected chi connectivity index (χ2v) is 2.41. The van der Waals surface area contributed by atoms with Gasteiger partial charge < -0.3 is 4.90 Å². The third-order valence-electron chi connectivity index (χ3n) is 1.36. The lowest BCUT2D eigenvalue weighted by Gasteiger charge is -2.20. The maximum atomic E-state index is 11.9. The number of amides is 2. The molecular formula is C6H10F3N3O2. The number of hydrogen-bond acceptors (Lipinski definition) is 3. The molecule has 0 fully saturated rings. The number of nitrogens with two attached hydrogens (primary N) is 1. The summed E-state index contributed by atoms with van der Waals surface area (Å²) in [6, 6.07) is 0. The summed E-state index contributed by atoms with van der Waals surface area (Å²) in [7, 11) is 0. The fraction of sp³-hybridized carbons (Fsp3) is 0.667. The van der Waals surface area contributed by atoms with Crippen molar-refractivity contribution < 1.29 is 22.8 Å². The number of halogens is 3. The summed E-state index contributed by atoms with van der Waals surface area (Å²) in [5.74, 6) is 2.03. The average molecular weight is 213 g/mol. The molecule has 14 heavy (non-hydrogen) atoms. The zero-order valence-electron chi connectivity index (χ0n) is 7.39. The highest BCUT2D eigenvalue weighted by Gasteiger charge is 2.34. The lowest BCUT2D eigenvalue weighted by molar-refractivity contribution is -0.164. The second kappa shape index (κ2) is 4.80. The lowest BCUT2D eigenvalue weighted by atomic mass is 10.4. The van der Waals surface area contributed by atoms with E-state index in [1.165, 1.54) is 12.3 Å². The molecule has 0 spiro atoms. The fourth-order valence-electron chi connectivity index (χ4n) is 0.749. The quantitative estimate of drug-likeness (QED) is 0.278. The molecule has 0 rings (SSSR count). The van der Waals surface area contributed by atoms with Crippen LogP contribution in [0.4, 0.5) is 13.2 Å². The number of carbonyl (C=O) groups excluding carboxylic acids is 2. The predicted molar refractivity (Wildman–Crippen MR) is 40.6 cm³/mol. The molecule has 0 aromatic carbocycles. The van der Waals surface area contributed by atoms with E-state index in [1.807, 2.05) is 0 Å². The highest BCUT2D eigenvalue weighted by molar-refractivity contribution is 6.34. The minimum absolute atomic E-state index is 0.217. The van der Waals surface area contributed by atoms with E-state index >= 15 is 0 Å². The van der Waals surface area contributed by atoms with E-state index in [1.54, 1.807) is 0 Å². The number of nitrogens with one attached hydrogen (secondary N) is 1. The molecule has 8 heteroatoms. The summed E-state index contributed by atoms with van der Waals surface area (Å²) in [6.45, 7) is -0.352. The van der Waals surface area contributed by atoms with E-state index in [4.69, 9.17) is 0 Å². The van der Waals surface area contributed by atoms with Crippen LogP contribution in [0, 0.1) is 0 Å². The Morgan fingerprint density at radius 2 is 1.93 bits per heavy atom. The Bertz CT molecular complexity index is 229. The maximum Gasteiger partial charge on any atom is 0.406 e. The van der Waals surface area contributed by atoms with Gasteiger partial charge in [-0.3, -0.25) is 15.0 Å². The summed E-state index contributed by atoms with van der Waals surface area (Å²) in [5.41, 5.74) is 1.47. The van der Waals surface area contributed by atoms with Gasteiger partial charge in [0.1, 0.15) is 6.54 Å². The monoisotopic (exact) mass is 213 g/mol. The molecule has 2 amide bonds. The molecule has 0 bridgehead atoms. The number of hydrogen-bond donors (Lipinski definition) is 2. The highest BCUT2D eigenvalue weighted by atomic mass is 19.4. The summed E-state index contributed by atoms with van der Waals surface area (Å²) in [5, 5.41) is 0. The molecule has 0 unspecified atom stereocenters. The molecule has 0 heterocycles. The average Bonchev–Trinajstić information content (AvgIpc) is 2.10. The Kier molecular flexibility index (Phi) is 4.35. The molecule has 0 aliphatic rings. The molecular weight excluding hydrogens is 203 g/mol. The first-order valence-electron chi connectivity index (χ1n) is 3.68. The Morgan fingerprint density at radius 1 is 1.43 bits per heavy atom. The van der Waals surface area contributed by atoms with Crippen molar-refractivity contribution in [1.82, 2.24) is 10.3 Å². The molecule has 0 aromatic rings. The van der Waals surface area contributed by atoms with Gasteiger partial charge >= 0.3 is 18.0 Å². The first-order valence-corrected chi connectivity index (χ1v) is 3.68. The van der Waals surface area contributed by atoms with E-state index in [9.17, 15) is 22.8 Å². The smallest absolute Gasteiger partial charge is 0.326 e. The van der Waals surface area contributed by atoms with Crippen LogP contribution in [0.1, 0.15) is 6.92 Å². The first-order chi connectivity index (χ1) is 6.31. The van der Waals surface area contributed by atoms with Crippen molar-refractivity contribution in [2.24, 2.45) is 5.84 Å². The topological polar surface area (TPSA) is 75.4 Å². The third-order valence-corrected chi connectivity index (χ3v) is 1.36. The predicted octanol–water partition coefficient (Wildman–Crippen LogP) is -0.613. The molecule has 0 aromatic heterocycles. The zero-order valence-corrected chi connectivity index (χ0v) is 7.39. The van der Waals surface area contributed by atoms with Crippen LogP contribution in [0.2, 0.25) is 0 Å². The van der Waals surface area contributed by atoms with Crippen LogP contribution in [0.5, 0.6) is 0 Å². The Hall–Kier alpha value is -1.31. The van der Waals surface area contributed by atoms with Crippen molar-refractivity contribution in [3.05, 3.63) is 0 Å². The SMILES string of the molecule is CCN(CC(F)(F)F)C(=O)C(=O)NN. The Labute approximate surface area is 78.0 Å². The molecule has 0 saturated heterocycles. The van der Waals surface area contributed by atoms with Gasteiger partial charge in [-0.25, -0.2) is 5.84 Å². The number of nitrogens with zero attached hydrogens (tertiary/aromatic N) is 1. The Morgan fingerprint density at radius 3 is 2.21 bits per heavy atom. The lowest BCUT2D eigenvalue weighted by Crippen LogP contribution is -2.48. The van der Waals surface area contributed by atoms with Gasteiger partial charge in [-0.2, -0.15) is 13.2 Å². The zero-order chi connectivity index (χ0) is 11.4. The summed E-state index contributed by atoms with van der Waals surface area (Å²) < 4.78 is 35.6. The van der Waals surface area contributed by atoms with Gasteiger partial charge in [-0.1, -0.05) is 0 Å². The van der Waals surface area contributed by atoms with Gasteiger partial charge in [-0.05, 0) is 6.92 Å². The molecule has 82 valence electrons. The molecule has 0 aliphatic heterocycles. The van der Waals surface area contributed by atoms with Gasteiger partial charge in [0.25, 0.3) is 0 Å². The van der Waals surface area contributed by atoms with Crippen molar-refractivity contribution in [2.45, 2.75) is 13.1 Å². The molecule has 3 N–H and O–H groups in total. The normalized spacial score (nSPS) is 10.9. The fourth-order valence-corrected chi connectivity index (χ4v) is 0.749. The number of hydrazine groups is 1.